The second kappa shape index (κ2) is 20.8. The van der Waals surface area contributed by atoms with Gasteiger partial charge in [0.2, 0.25) is 0 Å². The van der Waals surface area contributed by atoms with Crippen molar-refractivity contribution in [3.63, 3.8) is 0 Å². The summed E-state index contributed by atoms with van der Waals surface area (Å²) in [4.78, 5) is 0.908. The van der Waals surface area contributed by atoms with Crippen LogP contribution in [0.15, 0.2) is 80.2 Å². The summed E-state index contributed by atoms with van der Waals surface area (Å²) in [5.41, 5.74) is 0. The fraction of sp³-hybridized carbons (Fsp3) is 0.600. The Hall–Kier alpha value is -0.363. The van der Waals surface area contributed by atoms with Crippen molar-refractivity contribution in [3.05, 3.63) is 60.7 Å². The van der Waals surface area contributed by atoms with Crippen molar-refractivity contribution in [1.82, 2.24) is 0 Å². The Morgan fingerprint density at radius 1 is 0.429 bits per heavy atom. The van der Waals surface area contributed by atoms with E-state index in [1.54, 1.807) is 59.9 Å². The van der Waals surface area contributed by atoms with Crippen molar-refractivity contribution in [2.24, 2.45) is 0 Å². The first-order chi connectivity index (χ1) is 23.5. The monoisotopic (exact) mass is 944 g/mol. The van der Waals surface area contributed by atoms with Crippen LogP contribution in [0.3, 0.4) is 0 Å². The standard InChI is InChI=1S/C16H10O4S3.6C4H9.2Sn/c17-22(18,13-7-3-1-4-8-13)15-11-21-12-16(15)23(19,20)14-9-5-2-6-10-14;6*1-3-4-2;;/h1-10H;6*1,3-4H2,2H3;;. The molecule has 49 heavy (non-hydrogen) atoms. The number of hydrogen-bond acceptors (Lipinski definition) is 5. The van der Waals surface area contributed by atoms with Crippen LogP contribution in [0.25, 0.3) is 0 Å². The molecule has 0 aliphatic rings. The van der Waals surface area contributed by atoms with Gasteiger partial charge in [0.1, 0.15) is 0 Å². The van der Waals surface area contributed by atoms with E-state index in [4.69, 9.17) is 0 Å². The third-order valence-corrected chi connectivity index (χ3v) is 53.3. The quantitative estimate of drug-likeness (QED) is 0.0839. The van der Waals surface area contributed by atoms with E-state index in [2.05, 4.69) is 41.5 Å². The Morgan fingerprint density at radius 2 is 0.673 bits per heavy atom. The summed E-state index contributed by atoms with van der Waals surface area (Å²) in [6.45, 7) is 13.4. The van der Waals surface area contributed by atoms with Crippen LogP contribution in [0, 0.1) is 0 Å². The minimum atomic E-state index is -4.13. The third-order valence-electron chi connectivity index (χ3n) is 10.5. The molecule has 9 heteroatoms. The van der Waals surface area contributed by atoms with E-state index in [1.807, 2.05) is 12.1 Å². The van der Waals surface area contributed by atoms with Gasteiger partial charge in [0.15, 0.2) is 0 Å². The molecule has 1 heterocycles. The van der Waals surface area contributed by atoms with Crippen LogP contribution in [-0.2, 0) is 19.7 Å². The van der Waals surface area contributed by atoms with Gasteiger partial charge in [-0.2, -0.15) is 0 Å². The zero-order chi connectivity index (χ0) is 36.0. The van der Waals surface area contributed by atoms with Crippen LogP contribution in [0.5, 0.6) is 0 Å². The Bertz CT molecular complexity index is 1450. The van der Waals surface area contributed by atoms with Crippen LogP contribution >= 0.6 is 11.3 Å². The number of benzene rings is 2. The van der Waals surface area contributed by atoms with Crippen LogP contribution in [-0.4, -0.2) is 53.6 Å². The summed E-state index contributed by atoms with van der Waals surface area (Å²) >= 11 is -5.32. The summed E-state index contributed by atoms with van der Waals surface area (Å²) in [6.07, 6.45) is 12.9. The molecule has 2 aromatic carbocycles. The molecule has 0 saturated carbocycles. The summed E-state index contributed by atoms with van der Waals surface area (Å²) in [6, 6.07) is 17.5. The van der Waals surface area contributed by atoms with Crippen molar-refractivity contribution < 1.29 is 16.8 Å². The second-order valence-corrected chi connectivity index (χ2v) is 47.1. The van der Waals surface area contributed by atoms with Crippen molar-refractivity contribution in [2.75, 3.05) is 0 Å². The zero-order valence-electron chi connectivity index (χ0n) is 31.4. The van der Waals surface area contributed by atoms with Crippen LogP contribution < -0.4 is 5.79 Å². The molecule has 3 aromatic rings. The van der Waals surface area contributed by atoms with E-state index >= 15 is 16.8 Å². The summed E-state index contributed by atoms with van der Waals surface area (Å²) in [5.74, 6) is 0. The molecule has 0 atom stereocenters. The predicted molar refractivity (Wildman–Crippen MR) is 217 cm³/mol. The predicted octanol–water partition coefficient (Wildman–Crippen LogP) is 11.5. The van der Waals surface area contributed by atoms with Gasteiger partial charge in [0.25, 0.3) is 0 Å². The molecule has 0 aliphatic carbocycles. The van der Waals surface area contributed by atoms with Gasteiger partial charge < -0.3 is 0 Å². The molecule has 0 saturated heterocycles. The van der Waals surface area contributed by atoms with E-state index in [0.717, 1.165) is 109 Å². The van der Waals surface area contributed by atoms with E-state index in [-0.39, 0.29) is 19.6 Å². The topological polar surface area (TPSA) is 68.3 Å². The van der Waals surface area contributed by atoms with Crippen LogP contribution in [0.1, 0.15) is 119 Å². The first-order valence-electron chi connectivity index (χ1n) is 19.3. The maximum atomic E-state index is 15.4. The van der Waals surface area contributed by atoms with E-state index in [9.17, 15) is 0 Å². The molecule has 274 valence electrons. The minimum absolute atomic E-state index is 0.225. The van der Waals surface area contributed by atoms with Gasteiger partial charge in [0.05, 0.1) is 0 Å². The number of thiophene rings is 1. The Morgan fingerprint density at radius 3 is 0.898 bits per heavy atom. The maximum absolute atomic E-state index is 15.4. The molecule has 0 spiro atoms. The van der Waals surface area contributed by atoms with Gasteiger partial charge in [-0.05, 0) is 0 Å². The third kappa shape index (κ3) is 10.4. The molecule has 0 bridgehead atoms. The fourth-order valence-corrected chi connectivity index (χ4v) is 60.0. The normalized spacial score (nSPS) is 12.9. The molecular weight excluding hydrogens is 878 g/mol. The Kier molecular flexibility index (Phi) is 18.2. The zero-order valence-corrected chi connectivity index (χ0v) is 39.5. The van der Waals surface area contributed by atoms with Gasteiger partial charge >= 0.3 is 316 Å². The number of unbranched alkanes of at least 4 members (excludes halogenated alkanes) is 6. The summed E-state index contributed by atoms with van der Waals surface area (Å²) in [5, 5.41) is 0. The summed E-state index contributed by atoms with van der Waals surface area (Å²) in [7, 11) is -8.27. The van der Waals surface area contributed by atoms with Gasteiger partial charge in [-0.3, -0.25) is 0 Å². The van der Waals surface area contributed by atoms with Crippen molar-refractivity contribution in [1.29, 1.82) is 0 Å². The fourth-order valence-electron chi connectivity index (χ4n) is 7.54. The number of hydrogen-bond donors (Lipinski definition) is 0. The first kappa shape index (κ1) is 43.0. The van der Waals surface area contributed by atoms with Gasteiger partial charge in [-0.15, -0.1) is 0 Å². The molecule has 0 aliphatic heterocycles. The average molecular weight is 943 g/mol. The SMILES string of the molecule is CCC[CH2][Sn]([CH2]CCC)([CH2]CCC)[c]1s[c]([Sn]([CH2]CCC)([CH2]CCC)[CH2]CCC)c(S(=O)(=O)c2ccccc2)c1S(=O)(=O)c1ccccc1. The number of rotatable bonds is 24. The molecule has 0 N–H and O–H groups in total. The molecule has 3 rings (SSSR count). The van der Waals surface area contributed by atoms with E-state index in [0.29, 0.717) is 0 Å². The second-order valence-electron chi connectivity index (χ2n) is 14.2. The summed E-state index contributed by atoms with van der Waals surface area (Å²) < 4.78 is 70.3. The van der Waals surface area contributed by atoms with Crippen molar-refractivity contribution >= 4 is 73.6 Å². The first-order valence-corrected chi connectivity index (χ1v) is 38.1. The molecular formula is C40H64O4S3Sn2. The van der Waals surface area contributed by atoms with Gasteiger partial charge in [-0.1, -0.05) is 0 Å². The van der Waals surface area contributed by atoms with Crippen molar-refractivity contribution in [2.45, 2.75) is 165 Å². The van der Waals surface area contributed by atoms with E-state index in [1.165, 1.54) is 0 Å². The molecule has 0 unspecified atom stereocenters. The molecule has 0 fully saturated rings. The Labute approximate surface area is 312 Å². The number of sulfone groups is 2. The van der Waals surface area contributed by atoms with Crippen molar-refractivity contribution in [3.8, 4) is 0 Å². The van der Waals surface area contributed by atoms with Gasteiger partial charge in [-0.25, -0.2) is 0 Å². The Balaban J connectivity index is 2.72. The van der Waals surface area contributed by atoms with Crippen LogP contribution in [0.2, 0.25) is 26.6 Å². The molecule has 4 nitrogen and oxygen atoms in total. The molecule has 0 radical (unpaired) electrons. The van der Waals surface area contributed by atoms with Gasteiger partial charge in [0, 0.05) is 0 Å². The van der Waals surface area contributed by atoms with E-state index < -0.39 is 56.4 Å². The van der Waals surface area contributed by atoms with Crippen LogP contribution in [0.4, 0.5) is 0 Å². The molecule has 1 aromatic heterocycles. The average Bonchev–Trinajstić information content (AvgIpc) is 3.56. The molecule has 0 amide bonds.